The minimum atomic E-state index is 0. The van der Waals surface area contributed by atoms with Gasteiger partial charge in [-0.3, -0.25) is 0 Å². The van der Waals surface area contributed by atoms with E-state index in [0.29, 0.717) is 0 Å². The number of hydrogen-bond acceptors (Lipinski definition) is 0. The first-order chi connectivity index (χ1) is 6.76. The molecule has 2 rings (SSSR count). The molecule has 2 aromatic carbocycles. The van der Waals surface area contributed by atoms with Crippen LogP contribution in [0.1, 0.15) is 30.5 Å². The van der Waals surface area contributed by atoms with E-state index in [1.165, 1.54) is 27.5 Å². The van der Waals surface area contributed by atoms with E-state index < -0.39 is 0 Å². The van der Waals surface area contributed by atoms with Crippen molar-refractivity contribution >= 4 is 10.8 Å². The van der Waals surface area contributed by atoms with Crippen molar-refractivity contribution in [3.8, 4) is 0 Å². The van der Waals surface area contributed by atoms with Gasteiger partial charge in [-0.15, -0.1) is 34.0 Å². The molecular weight excluding hydrogens is 418 g/mol. The normalized spacial score (nSPS) is 9.12. The predicted octanol–water partition coefficient (Wildman–Crippen LogP) is -2.00. The van der Waals surface area contributed by atoms with Crippen LogP contribution in [0.2, 0.25) is 0 Å². The number of hydrogen-bond donors (Lipinski definition) is 0. The van der Waals surface area contributed by atoms with Gasteiger partial charge >= 0.3 is 0 Å². The van der Waals surface area contributed by atoms with Crippen molar-refractivity contribution in [3.05, 3.63) is 41.0 Å². The summed E-state index contributed by atoms with van der Waals surface area (Å²) in [5.41, 5.74) is 4.34. The summed E-state index contributed by atoms with van der Waals surface area (Å²) in [5.74, 6) is 0. The number of rotatable bonds is 2. The molecule has 0 aliphatic carbocycles. The standard InChI is InChI=1S/C14H17.2ClH.Hf/c1-4-11-6-7-12(5-2)14-9-10(3)8-13(11)14;;;/h6-9H,4-5H2,1-3H3;2*1H;/q-1;;;/p-2. The Balaban J connectivity index is 0. The second-order valence-corrected chi connectivity index (χ2v) is 3.95. The van der Waals surface area contributed by atoms with Gasteiger partial charge in [0, 0.05) is 25.8 Å². The van der Waals surface area contributed by atoms with E-state index in [-0.39, 0.29) is 50.7 Å². The molecule has 0 unspecified atom stereocenters. The fourth-order valence-electron chi connectivity index (χ4n) is 2.18. The van der Waals surface area contributed by atoms with Crippen LogP contribution in [-0.4, -0.2) is 0 Å². The molecule has 0 bridgehead atoms. The fraction of sp³-hybridized carbons (Fsp3) is 0.357. The van der Waals surface area contributed by atoms with E-state index in [2.05, 4.69) is 45.0 Å². The summed E-state index contributed by atoms with van der Waals surface area (Å²) >= 11 is 0. The van der Waals surface area contributed by atoms with Crippen LogP contribution in [-0.2, 0) is 38.7 Å². The molecule has 0 N–H and O–H groups in total. The average Bonchev–Trinajstić information content (AvgIpc) is 2.57. The van der Waals surface area contributed by atoms with Crippen molar-refractivity contribution in [2.75, 3.05) is 0 Å². The smallest absolute Gasteiger partial charge is 0 e. The van der Waals surface area contributed by atoms with Crippen LogP contribution < -0.4 is 24.8 Å². The third-order valence-corrected chi connectivity index (χ3v) is 2.97. The molecule has 0 atom stereocenters. The zero-order valence-electron chi connectivity index (χ0n) is 10.5. The van der Waals surface area contributed by atoms with Crippen LogP contribution in [0, 0.1) is 6.92 Å². The molecule has 0 radical (unpaired) electrons. The first kappa shape index (κ1) is 19.6. The summed E-state index contributed by atoms with van der Waals surface area (Å²) in [6.07, 6.45) is 2.26. The van der Waals surface area contributed by atoms with Crippen LogP contribution in [0.5, 0.6) is 0 Å². The van der Waals surface area contributed by atoms with Crippen molar-refractivity contribution in [1.29, 1.82) is 0 Å². The quantitative estimate of drug-likeness (QED) is 0.379. The molecule has 0 heterocycles. The molecule has 0 amide bonds. The van der Waals surface area contributed by atoms with Crippen LogP contribution >= 0.6 is 0 Å². The number of fused-ring (bicyclic) bond motifs is 1. The second-order valence-electron chi connectivity index (χ2n) is 3.95. The molecule has 0 spiro atoms. The molecule has 0 aromatic heterocycles. The molecule has 0 aliphatic heterocycles. The Kier molecular flexibility index (Phi) is 9.69. The van der Waals surface area contributed by atoms with E-state index >= 15 is 0 Å². The van der Waals surface area contributed by atoms with E-state index in [0.717, 1.165) is 12.8 Å². The summed E-state index contributed by atoms with van der Waals surface area (Å²) in [5, 5.41) is 2.92. The SMILES string of the molecule is CCc1ccc(CC)c2[cH-]c(C)cc12.[Cl-].[Cl-].[Hf]. The Bertz CT molecular complexity index is 419. The summed E-state index contributed by atoms with van der Waals surface area (Å²) in [4.78, 5) is 0. The molecule has 17 heavy (non-hydrogen) atoms. The maximum Gasteiger partial charge on any atom is 0 e. The Morgan fingerprint density at radius 2 is 1.53 bits per heavy atom. The van der Waals surface area contributed by atoms with Gasteiger partial charge in [-0.2, -0.15) is 6.07 Å². The molecule has 0 nitrogen and oxygen atoms in total. The third kappa shape index (κ3) is 3.87. The zero-order valence-corrected chi connectivity index (χ0v) is 15.6. The predicted molar refractivity (Wildman–Crippen MR) is 63.0 cm³/mol. The van der Waals surface area contributed by atoms with Crippen molar-refractivity contribution in [2.24, 2.45) is 0 Å². The monoisotopic (exact) mass is 435 g/mol. The molecule has 2 aromatic rings. The second kappa shape index (κ2) is 8.39. The zero-order chi connectivity index (χ0) is 10.1. The molecule has 3 heteroatoms. The summed E-state index contributed by atoms with van der Waals surface area (Å²) in [6, 6.07) is 9.18. The maximum absolute atomic E-state index is 2.31. The number of benzene rings is 1. The minimum Gasteiger partial charge on any atom is -1.00 e. The Hall–Kier alpha value is 0.280. The Labute approximate surface area is 135 Å². The van der Waals surface area contributed by atoms with Gasteiger partial charge in [-0.25, -0.2) is 0 Å². The van der Waals surface area contributed by atoms with Gasteiger partial charge in [0.05, 0.1) is 0 Å². The summed E-state index contributed by atoms with van der Waals surface area (Å²) in [6.45, 7) is 6.63. The van der Waals surface area contributed by atoms with Crippen LogP contribution in [0.4, 0.5) is 0 Å². The summed E-state index contributed by atoms with van der Waals surface area (Å²) < 4.78 is 0. The van der Waals surface area contributed by atoms with E-state index in [1.54, 1.807) is 0 Å². The first-order valence-corrected chi connectivity index (χ1v) is 5.44. The topological polar surface area (TPSA) is 0 Å². The number of aryl methyl sites for hydroxylation is 3. The third-order valence-electron chi connectivity index (χ3n) is 2.97. The minimum absolute atomic E-state index is 0. The van der Waals surface area contributed by atoms with Crippen molar-refractivity contribution < 1.29 is 50.7 Å². The molecule has 0 aliphatic rings. The molecule has 94 valence electrons. The van der Waals surface area contributed by atoms with Gasteiger partial charge in [0.15, 0.2) is 0 Å². The van der Waals surface area contributed by atoms with Crippen LogP contribution in [0.25, 0.3) is 10.8 Å². The van der Waals surface area contributed by atoms with Crippen molar-refractivity contribution in [3.63, 3.8) is 0 Å². The van der Waals surface area contributed by atoms with Crippen LogP contribution in [0.15, 0.2) is 24.3 Å². The van der Waals surface area contributed by atoms with Gasteiger partial charge in [0.2, 0.25) is 0 Å². The van der Waals surface area contributed by atoms with Gasteiger partial charge < -0.3 is 24.8 Å². The van der Waals surface area contributed by atoms with Gasteiger partial charge in [0.25, 0.3) is 0 Å². The first-order valence-electron chi connectivity index (χ1n) is 5.44. The molecule has 0 saturated heterocycles. The van der Waals surface area contributed by atoms with Gasteiger partial charge in [0.1, 0.15) is 0 Å². The molecule has 0 fully saturated rings. The average molecular weight is 435 g/mol. The van der Waals surface area contributed by atoms with Gasteiger partial charge in [-0.05, 0) is 6.42 Å². The van der Waals surface area contributed by atoms with Crippen molar-refractivity contribution in [2.45, 2.75) is 33.6 Å². The fourth-order valence-corrected chi connectivity index (χ4v) is 2.18. The van der Waals surface area contributed by atoms with E-state index in [4.69, 9.17) is 0 Å². The van der Waals surface area contributed by atoms with E-state index in [1.807, 2.05) is 0 Å². The maximum atomic E-state index is 2.31. The summed E-state index contributed by atoms with van der Waals surface area (Å²) in [7, 11) is 0. The number of halogens is 2. The van der Waals surface area contributed by atoms with Crippen LogP contribution in [0.3, 0.4) is 0 Å². The van der Waals surface area contributed by atoms with Crippen molar-refractivity contribution in [1.82, 2.24) is 0 Å². The molecular formula is C14H17Cl2Hf-3. The Morgan fingerprint density at radius 1 is 1.00 bits per heavy atom. The van der Waals surface area contributed by atoms with E-state index in [9.17, 15) is 0 Å². The van der Waals surface area contributed by atoms with Gasteiger partial charge in [-0.1, -0.05) is 38.8 Å². The largest absolute Gasteiger partial charge is 1.00 e. The molecule has 0 saturated carbocycles. The Morgan fingerprint density at radius 3 is 2.06 bits per heavy atom.